The molecule has 0 saturated carbocycles. The van der Waals surface area contributed by atoms with Gasteiger partial charge in [0.05, 0.1) is 11.8 Å². The van der Waals surface area contributed by atoms with E-state index in [0.717, 1.165) is 0 Å². The van der Waals surface area contributed by atoms with E-state index in [9.17, 15) is 4.39 Å². The van der Waals surface area contributed by atoms with Gasteiger partial charge in [-0.05, 0) is 30.3 Å². The average Bonchev–Trinajstić information content (AvgIpc) is 2.70. The van der Waals surface area contributed by atoms with Gasteiger partial charge in [0.15, 0.2) is 0 Å². The zero-order valence-electron chi connectivity index (χ0n) is 7.33. The molecule has 14 heavy (non-hydrogen) atoms. The van der Waals surface area contributed by atoms with E-state index in [-0.39, 0.29) is 5.82 Å². The second-order valence-electron chi connectivity index (χ2n) is 2.82. The Morgan fingerprint density at radius 2 is 2.14 bits per heavy atom. The fraction of sp³-hybridized carbons (Fsp3) is 0. The summed E-state index contributed by atoms with van der Waals surface area (Å²) in [6.45, 7) is 0. The molecule has 1 aromatic carbocycles. The van der Waals surface area contributed by atoms with Crippen molar-refractivity contribution in [3.05, 3.63) is 48.0 Å². The Kier molecular flexibility index (Phi) is 2.08. The van der Waals surface area contributed by atoms with Crippen molar-refractivity contribution >= 4 is 0 Å². The lowest BCUT2D eigenvalue weighted by molar-refractivity contribution is 0.569. The van der Waals surface area contributed by atoms with E-state index < -0.39 is 0 Å². The predicted octanol–water partition coefficient (Wildman–Crippen LogP) is 3.07. The Morgan fingerprint density at radius 3 is 2.71 bits per heavy atom. The molecule has 0 aliphatic carbocycles. The molecule has 68 valence electrons. The SMILES string of the molecule is C#Cc1ccc(-c2ccco2)c(F)c1. The molecule has 0 atom stereocenters. The monoisotopic (exact) mass is 186 g/mol. The Morgan fingerprint density at radius 1 is 1.29 bits per heavy atom. The van der Waals surface area contributed by atoms with Crippen molar-refractivity contribution in [2.24, 2.45) is 0 Å². The van der Waals surface area contributed by atoms with Crippen molar-refractivity contribution in [3.8, 4) is 23.7 Å². The van der Waals surface area contributed by atoms with Gasteiger partial charge in [-0.3, -0.25) is 0 Å². The van der Waals surface area contributed by atoms with Gasteiger partial charge in [-0.25, -0.2) is 4.39 Å². The normalized spacial score (nSPS) is 9.71. The van der Waals surface area contributed by atoms with Gasteiger partial charge in [-0.15, -0.1) is 6.42 Å². The second-order valence-corrected chi connectivity index (χ2v) is 2.82. The number of benzene rings is 1. The summed E-state index contributed by atoms with van der Waals surface area (Å²) in [6, 6.07) is 8.03. The van der Waals surface area contributed by atoms with Crippen LogP contribution in [-0.4, -0.2) is 0 Å². The highest BCUT2D eigenvalue weighted by Gasteiger charge is 2.07. The van der Waals surface area contributed by atoms with Gasteiger partial charge >= 0.3 is 0 Å². The van der Waals surface area contributed by atoms with E-state index in [1.54, 1.807) is 24.3 Å². The summed E-state index contributed by atoms with van der Waals surface area (Å²) in [4.78, 5) is 0. The van der Waals surface area contributed by atoms with Crippen LogP contribution >= 0.6 is 0 Å². The highest BCUT2D eigenvalue weighted by molar-refractivity contribution is 5.59. The van der Waals surface area contributed by atoms with E-state index in [2.05, 4.69) is 5.92 Å². The van der Waals surface area contributed by atoms with Gasteiger partial charge in [-0.2, -0.15) is 0 Å². The van der Waals surface area contributed by atoms with Crippen molar-refractivity contribution in [2.45, 2.75) is 0 Å². The minimum Gasteiger partial charge on any atom is -0.464 e. The third-order valence-electron chi connectivity index (χ3n) is 1.92. The van der Waals surface area contributed by atoms with Gasteiger partial charge in [0.2, 0.25) is 0 Å². The van der Waals surface area contributed by atoms with Crippen LogP contribution in [0, 0.1) is 18.2 Å². The van der Waals surface area contributed by atoms with Crippen molar-refractivity contribution in [1.82, 2.24) is 0 Å². The van der Waals surface area contributed by atoms with E-state index in [0.29, 0.717) is 16.9 Å². The number of hydrogen-bond donors (Lipinski definition) is 0. The first kappa shape index (κ1) is 8.58. The minimum absolute atomic E-state index is 0.365. The lowest BCUT2D eigenvalue weighted by Crippen LogP contribution is -1.84. The molecular formula is C12H7FO. The molecule has 0 spiro atoms. The zero-order chi connectivity index (χ0) is 9.97. The molecule has 0 bridgehead atoms. The third-order valence-corrected chi connectivity index (χ3v) is 1.92. The number of furan rings is 1. The molecule has 0 amide bonds. The Labute approximate surface area is 81.2 Å². The third kappa shape index (κ3) is 1.40. The highest BCUT2D eigenvalue weighted by atomic mass is 19.1. The van der Waals surface area contributed by atoms with Crippen LogP contribution in [0.3, 0.4) is 0 Å². The first-order chi connectivity index (χ1) is 6.81. The molecule has 0 saturated heterocycles. The summed E-state index contributed by atoms with van der Waals surface area (Å²) in [5.74, 6) is 2.51. The summed E-state index contributed by atoms with van der Waals surface area (Å²) in [7, 11) is 0. The summed E-state index contributed by atoms with van der Waals surface area (Å²) < 4.78 is 18.5. The van der Waals surface area contributed by atoms with Gasteiger partial charge in [-0.1, -0.05) is 5.92 Å². The lowest BCUT2D eigenvalue weighted by atomic mass is 10.1. The van der Waals surface area contributed by atoms with Gasteiger partial charge in [0.25, 0.3) is 0 Å². The molecule has 0 fully saturated rings. The van der Waals surface area contributed by atoms with E-state index in [4.69, 9.17) is 10.8 Å². The van der Waals surface area contributed by atoms with Crippen LogP contribution in [0.1, 0.15) is 5.56 Å². The number of terminal acetylenes is 1. The average molecular weight is 186 g/mol. The summed E-state index contributed by atoms with van der Waals surface area (Å²) >= 11 is 0. The van der Waals surface area contributed by atoms with Crippen molar-refractivity contribution in [3.63, 3.8) is 0 Å². The van der Waals surface area contributed by atoms with Gasteiger partial charge in [0.1, 0.15) is 11.6 Å². The first-order valence-electron chi connectivity index (χ1n) is 4.11. The summed E-state index contributed by atoms with van der Waals surface area (Å²) in [6.07, 6.45) is 6.65. The smallest absolute Gasteiger partial charge is 0.136 e. The van der Waals surface area contributed by atoms with Crippen LogP contribution < -0.4 is 0 Å². The fourth-order valence-electron chi connectivity index (χ4n) is 1.24. The Bertz CT molecular complexity index is 478. The number of halogens is 1. The Balaban J connectivity index is 2.52. The number of rotatable bonds is 1. The van der Waals surface area contributed by atoms with Crippen molar-refractivity contribution in [2.75, 3.05) is 0 Å². The summed E-state index contributed by atoms with van der Waals surface area (Å²) in [5.41, 5.74) is 0.951. The molecule has 0 N–H and O–H groups in total. The molecule has 1 aromatic heterocycles. The number of hydrogen-bond acceptors (Lipinski definition) is 1. The minimum atomic E-state index is -0.365. The second kappa shape index (κ2) is 3.39. The molecule has 0 aliphatic rings. The first-order valence-corrected chi connectivity index (χ1v) is 4.11. The van der Waals surface area contributed by atoms with E-state index >= 15 is 0 Å². The van der Waals surface area contributed by atoms with Crippen LogP contribution in [0.2, 0.25) is 0 Å². The van der Waals surface area contributed by atoms with Crippen LogP contribution in [0.25, 0.3) is 11.3 Å². The zero-order valence-corrected chi connectivity index (χ0v) is 7.33. The molecular weight excluding hydrogens is 179 g/mol. The molecule has 1 nitrogen and oxygen atoms in total. The molecule has 2 aromatic rings. The van der Waals surface area contributed by atoms with Crippen LogP contribution in [0.15, 0.2) is 41.0 Å². The van der Waals surface area contributed by atoms with Gasteiger partial charge < -0.3 is 4.42 Å². The predicted molar refractivity (Wildman–Crippen MR) is 52.0 cm³/mol. The topological polar surface area (TPSA) is 13.1 Å². The Hall–Kier alpha value is -2.01. The van der Waals surface area contributed by atoms with E-state index in [1.165, 1.54) is 12.3 Å². The van der Waals surface area contributed by atoms with E-state index in [1.807, 2.05) is 0 Å². The molecule has 1 heterocycles. The van der Waals surface area contributed by atoms with Crippen molar-refractivity contribution < 1.29 is 8.81 Å². The fourth-order valence-corrected chi connectivity index (χ4v) is 1.24. The maximum atomic E-state index is 13.4. The van der Waals surface area contributed by atoms with Crippen molar-refractivity contribution in [1.29, 1.82) is 0 Å². The largest absolute Gasteiger partial charge is 0.464 e. The quantitative estimate of drug-likeness (QED) is 0.624. The van der Waals surface area contributed by atoms with Gasteiger partial charge in [0, 0.05) is 5.56 Å². The van der Waals surface area contributed by atoms with Crippen LogP contribution in [0.4, 0.5) is 4.39 Å². The molecule has 2 heteroatoms. The molecule has 0 aliphatic heterocycles. The summed E-state index contributed by atoms with van der Waals surface area (Å²) in [5, 5.41) is 0. The standard InChI is InChI=1S/C12H7FO/c1-2-9-5-6-10(11(13)8-9)12-4-3-7-14-12/h1,3-8H. The van der Waals surface area contributed by atoms with Crippen LogP contribution in [0.5, 0.6) is 0 Å². The molecule has 0 unspecified atom stereocenters. The highest BCUT2D eigenvalue weighted by Crippen LogP contribution is 2.23. The molecule has 2 rings (SSSR count). The maximum Gasteiger partial charge on any atom is 0.136 e. The molecule has 0 radical (unpaired) electrons. The van der Waals surface area contributed by atoms with Crippen LogP contribution in [-0.2, 0) is 0 Å². The maximum absolute atomic E-state index is 13.4. The lowest BCUT2D eigenvalue weighted by Gasteiger charge is -1.99.